The van der Waals surface area contributed by atoms with Crippen molar-refractivity contribution in [3.05, 3.63) is 86.7 Å². The molecule has 4 rings (SSSR count). The van der Waals surface area contributed by atoms with E-state index in [0.717, 1.165) is 22.4 Å². The molecule has 1 N–H and O–H groups in total. The van der Waals surface area contributed by atoms with Gasteiger partial charge >= 0.3 is 0 Å². The zero-order chi connectivity index (χ0) is 22.5. The number of carbonyl (C=O) groups excluding carboxylic acids is 2. The second kappa shape index (κ2) is 10.4. The van der Waals surface area contributed by atoms with Crippen LogP contribution in [-0.2, 0) is 16.0 Å². The monoisotopic (exact) mass is 499 g/mol. The fourth-order valence-corrected chi connectivity index (χ4v) is 5.34. The van der Waals surface area contributed by atoms with Crippen molar-refractivity contribution < 1.29 is 9.59 Å². The molecule has 2 amide bonds. The Hall–Kier alpha value is -2.52. The average Bonchev–Trinajstić information content (AvgIpc) is 3.32. The lowest BCUT2D eigenvalue weighted by Crippen LogP contribution is -2.31. The van der Waals surface area contributed by atoms with Crippen molar-refractivity contribution in [2.45, 2.75) is 12.8 Å². The molecule has 32 heavy (non-hydrogen) atoms. The van der Waals surface area contributed by atoms with Crippen molar-refractivity contribution in [3.8, 4) is 0 Å². The van der Waals surface area contributed by atoms with Crippen LogP contribution in [0.25, 0.3) is 6.08 Å². The van der Waals surface area contributed by atoms with Gasteiger partial charge < -0.3 is 5.32 Å². The lowest BCUT2D eigenvalue weighted by molar-refractivity contribution is -0.122. The molecule has 2 heterocycles. The predicted octanol–water partition coefficient (Wildman–Crippen LogP) is 5.62. The van der Waals surface area contributed by atoms with Gasteiger partial charge in [0.15, 0.2) is 5.13 Å². The zero-order valence-corrected chi connectivity index (χ0v) is 20.0. The van der Waals surface area contributed by atoms with Gasteiger partial charge in [0.25, 0.3) is 5.91 Å². The van der Waals surface area contributed by atoms with Crippen molar-refractivity contribution in [2.75, 3.05) is 11.9 Å². The number of anilines is 1. The summed E-state index contributed by atoms with van der Waals surface area (Å²) in [6.07, 6.45) is 4.43. The Labute approximate surface area is 204 Å². The third kappa shape index (κ3) is 5.83. The van der Waals surface area contributed by atoms with Gasteiger partial charge in [0.2, 0.25) is 5.91 Å². The number of halogens is 1. The summed E-state index contributed by atoms with van der Waals surface area (Å²) in [7, 11) is 0. The van der Waals surface area contributed by atoms with Gasteiger partial charge in [-0.15, -0.1) is 11.3 Å². The normalized spacial score (nSPS) is 14.9. The molecule has 9 heteroatoms. The topological polar surface area (TPSA) is 62.3 Å². The number of thioether (sulfide) groups is 1. The molecule has 1 saturated heterocycles. The van der Waals surface area contributed by atoms with E-state index in [1.165, 1.54) is 28.0 Å². The molecule has 2 aromatic carbocycles. The molecule has 0 saturated carbocycles. The lowest BCUT2D eigenvalue weighted by Gasteiger charge is -2.13. The van der Waals surface area contributed by atoms with Crippen molar-refractivity contribution in [3.63, 3.8) is 0 Å². The summed E-state index contributed by atoms with van der Waals surface area (Å²) in [5, 5.41) is 4.04. The average molecular weight is 500 g/mol. The van der Waals surface area contributed by atoms with Crippen LogP contribution in [0.4, 0.5) is 5.13 Å². The number of nitrogens with zero attached hydrogens (tertiary/aromatic N) is 2. The van der Waals surface area contributed by atoms with Gasteiger partial charge in [0.1, 0.15) is 4.32 Å². The number of thiazole rings is 1. The SMILES string of the molecule is O=C(CCN1C(=O)/C(=C/c2ccccc2)SC1=S)Nc1ncc(Cc2ccc(Cl)cc2)s1. The van der Waals surface area contributed by atoms with Crippen molar-refractivity contribution in [1.82, 2.24) is 9.88 Å². The van der Waals surface area contributed by atoms with Crippen LogP contribution in [0.5, 0.6) is 0 Å². The Morgan fingerprint density at radius 3 is 2.66 bits per heavy atom. The fraction of sp³-hybridized carbons (Fsp3) is 0.130. The first-order valence-electron chi connectivity index (χ1n) is 9.77. The third-order valence-electron chi connectivity index (χ3n) is 4.62. The first-order valence-corrected chi connectivity index (χ1v) is 12.2. The Morgan fingerprint density at radius 2 is 1.91 bits per heavy atom. The summed E-state index contributed by atoms with van der Waals surface area (Å²) in [6.45, 7) is 0.228. The van der Waals surface area contributed by atoms with Crippen molar-refractivity contribution in [2.24, 2.45) is 0 Å². The molecule has 1 fully saturated rings. The van der Waals surface area contributed by atoms with Gasteiger partial charge in [-0.3, -0.25) is 14.5 Å². The molecule has 0 aliphatic carbocycles. The summed E-state index contributed by atoms with van der Waals surface area (Å²) < 4.78 is 0.462. The highest BCUT2D eigenvalue weighted by atomic mass is 35.5. The highest BCUT2D eigenvalue weighted by Gasteiger charge is 2.32. The largest absolute Gasteiger partial charge is 0.302 e. The smallest absolute Gasteiger partial charge is 0.266 e. The van der Waals surface area contributed by atoms with Gasteiger partial charge in [0.05, 0.1) is 4.91 Å². The Balaban J connectivity index is 1.30. The van der Waals surface area contributed by atoms with Crippen LogP contribution in [-0.4, -0.2) is 32.6 Å². The van der Waals surface area contributed by atoms with Crippen LogP contribution in [0.2, 0.25) is 5.02 Å². The van der Waals surface area contributed by atoms with E-state index in [4.69, 9.17) is 23.8 Å². The number of rotatable bonds is 7. The predicted molar refractivity (Wildman–Crippen MR) is 136 cm³/mol. The van der Waals surface area contributed by atoms with Crippen LogP contribution >= 0.6 is 46.9 Å². The maximum Gasteiger partial charge on any atom is 0.266 e. The molecular formula is C23H18ClN3O2S3. The van der Waals surface area contributed by atoms with E-state index in [1.54, 1.807) is 6.20 Å². The van der Waals surface area contributed by atoms with Gasteiger partial charge in [0, 0.05) is 35.5 Å². The van der Waals surface area contributed by atoms with Crippen LogP contribution in [0, 0.1) is 0 Å². The molecule has 1 aliphatic heterocycles. The number of nitrogens with one attached hydrogen (secondary N) is 1. The van der Waals surface area contributed by atoms with E-state index in [-0.39, 0.29) is 24.8 Å². The summed E-state index contributed by atoms with van der Waals surface area (Å²) in [4.78, 5) is 32.4. The van der Waals surface area contributed by atoms with E-state index < -0.39 is 0 Å². The maximum atomic E-state index is 12.7. The first kappa shape index (κ1) is 22.7. The van der Waals surface area contributed by atoms with E-state index in [1.807, 2.05) is 60.7 Å². The minimum absolute atomic E-state index is 0.136. The summed E-state index contributed by atoms with van der Waals surface area (Å²) >= 11 is 13.9. The van der Waals surface area contributed by atoms with Crippen LogP contribution in [0.15, 0.2) is 65.7 Å². The number of hydrogen-bond acceptors (Lipinski definition) is 6. The van der Waals surface area contributed by atoms with Gasteiger partial charge in [-0.05, 0) is 29.3 Å². The molecule has 1 aromatic heterocycles. The number of hydrogen-bond donors (Lipinski definition) is 1. The number of benzene rings is 2. The van der Waals surface area contributed by atoms with Crippen molar-refractivity contribution in [1.29, 1.82) is 0 Å². The summed E-state index contributed by atoms with van der Waals surface area (Å²) in [6, 6.07) is 17.2. The van der Waals surface area contributed by atoms with Crippen molar-refractivity contribution >= 4 is 74.3 Å². The second-order valence-electron chi connectivity index (χ2n) is 6.98. The molecule has 0 atom stereocenters. The van der Waals surface area contributed by atoms with Crippen LogP contribution in [0.1, 0.15) is 22.4 Å². The summed E-state index contributed by atoms with van der Waals surface area (Å²) in [5.41, 5.74) is 2.05. The Bertz CT molecular complexity index is 1180. The number of carbonyl (C=O) groups is 2. The molecule has 162 valence electrons. The number of thiocarbonyl (C=S) groups is 1. The first-order chi connectivity index (χ1) is 15.5. The third-order valence-corrected chi connectivity index (χ3v) is 7.17. The van der Waals surface area contributed by atoms with E-state index in [2.05, 4.69) is 10.3 Å². The van der Waals surface area contributed by atoms with Gasteiger partial charge in [-0.1, -0.05) is 78.0 Å². The fourth-order valence-electron chi connectivity index (χ4n) is 3.04. The zero-order valence-electron chi connectivity index (χ0n) is 16.8. The summed E-state index contributed by atoms with van der Waals surface area (Å²) in [5.74, 6) is -0.380. The molecule has 0 radical (unpaired) electrons. The lowest BCUT2D eigenvalue weighted by atomic mass is 10.1. The highest BCUT2D eigenvalue weighted by Crippen LogP contribution is 2.32. The number of amides is 2. The quantitative estimate of drug-likeness (QED) is 0.338. The maximum absolute atomic E-state index is 12.7. The molecule has 0 spiro atoms. The van der Waals surface area contributed by atoms with Crippen LogP contribution < -0.4 is 5.32 Å². The number of aromatic nitrogens is 1. The Kier molecular flexibility index (Phi) is 7.36. The van der Waals surface area contributed by atoms with Crippen LogP contribution in [0.3, 0.4) is 0 Å². The van der Waals surface area contributed by atoms with E-state index >= 15 is 0 Å². The minimum atomic E-state index is -0.210. The van der Waals surface area contributed by atoms with Gasteiger partial charge in [-0.25, -0.2) is 4.98 Å². The van der Waals surface area contributed by atoms with Gasteiger partial charge in [-0.2, -0.15) is 0 Å². The molecule has 1 aliphatic rings. The standard InChI is InChI=1S/C23H18ClN3O2S3/c24-17-8-6-16(7-9-17)12-18-14-25-22(31-18)26-20(28)10-11-27-21(29)19(32-23(27)30)13-15-4-2-1-3-5-15/h1-9,13-14H,10-12H2,(H,25,26,28)/b19-13-. The molecule has 3 aromatic rings. The Morgan fingerprint density at radius 1 is 1.16 bits per heavy atom. The molecule has 0 bridgehead atoms. The minimum Gasteiger partial charge on any atom is -0.302 e. The van der Waals surface area contributed by atoms with E-state index in [0.29, 0.717) is 19.4 Å². The molecule has 0 unspecified atom stereocenters. The molecular weight excluding hydrogens is 482 g/mol. The second-order valence-corrected chi connectivity index (χ2v) is 10.2. The molecule has 5 nitrogen and oxygen atoms in total. The highest BCUT2D eigenvalue weighted by molar-refractivity contribution is 8.26. The van der Waals surface area contributed by atoms with E-state index in [9.17, 15) is 9.59 Å².